The predicted octanol–water partition coefficient (Wildman–Crippen LogP) is 4.18. The molecule has 0 saturated carbocycles. The molecule has 1 atom stereocenters. The van der Waals surface area contributed by atoms with Gasteiger partial charge >= 0.3 is 0 Å². The van der Waals surface area contributed by atoms with E-state index >= 15 is 0 Å². The van der Waals surface area contributed by atoms with E-state index in [1.165, 1.54) is 10.4 Å². The summed E-state index contributed by atoms with van der Waals surface area (Å²) in [7, 11) is 3.59. The lowest BCUT2D eigenvalue weighted by Gasteiger charge is -2.33. The molecule has 3 aromatic rings. The van der Waals surface area contributed by atoms with E-state index in [0.717, 1.165) is 30.3 Å². The molecule has 6 nitrogen and oxygen atoms in total. The first-order valence-corrected chi connectivity index (χ1v) is 10.6. The molecule has 0 spiro atoms. The Bertz CT molecular complexity index is 1010. The van der Waals surface area contributed by atoms with Gasteiger partial charge in [0, 0.05) is 24.5 Å². The van der Waals surface area contributed by atoms with Gasteiger partial charge in [0.25, 0.3) is 0 Å². The zero-order valence-electron chi connectivity index (χ0n) is 16.3. The Morgan fingerprint density at radius 1 is 1.21 bits per heavy atom. The number of fused-ring (bicyclic) bond motifs is 1. The number of benzene rings is 1. The molecule has 148 valence electrons. The molecule has 0 amide bonds. The zero-order valence-corrected chi connectivity index (χ0v) is 17.9. The van der Waals surface area contributed by atoms with Crippen LogP contribution in [0.4, 0.5) is 0 Å². The summed E-state index contributed by atoms with van der Waals surface area (Å²) in [6.07, 6.45) is 1.09. The number of methoxy groups -OCH3 is 1. The van der Waals surface area contributed by atoms with Crippen LogP contribution in [0.5, 0.6) is 11.5 Å². The molecular weight excluding hydrogens is 392 g/mol. The Balaban J connectivity index is 1.45. The lowest BCUT2D eigenvalue weighted by atomic mass is 10.0. The van der Waals surface area contributed by atoms with E-state index in [-0.39, 0.29) is 0 Å². The molecule has 1 aromatic carbocycles. The number of aromatic nitrogens is 3. The molecule has 3 heterocycles. The maximum atomic E-state index is 5.88. The van der Waals surface area contributed by atoms with Crippen LogP contribution in [0.1, 0.15) is 29.2 Å². The summed E-state index contributed by atoms with van der Waals surface area (Å²) in [5, 5.41) is 6.90. The maximum absolute atomic E-state index is 5.88. The van der Waals surface area contributed by atoms with Gasteiger partial charge in [-0.3, -0.25) is 4.90 Å². The van der Waals surface area contributed by atoms with Crippen molar-refractivity contribution in [3.63, 3.8) is 0 Å². The highest BCUT2D eigenvalue weighted by molar-refractivity contribution is 7.71. The Hall–Kier alpha value is -2.16. The second-order valence-electron chi connectivity index (χ2n) is 6.90. The first kappa shape index (κ1) is 19.2. The van der Waals surface area contributed by atoms with Crippen molar-refractivity contribution < 1.29 is 9.47 Å². The second-order valence-corrected chi connectivity index (χ2v) is 8.27. The van der Waals surface area contributed by atoms with Crippen LogP contribution in [0.3, 0.4) is 0 Å². The standard InChI is InChI=1S/C20H24N4O2S2/c1-14-17-9-11-28-18(17)8-10-23(14)13-24-20(27)22(2)19(21-24)12-26-16-6-4-15(25-3)5-7-16/h4-7,9,11,14H,8,10,12-13H2,1-3H3/t14-/m1/s1. The van der Waals surface area contributed by atoms with Gasteiger partial charge in [0.15, 0.2) is 10.6 Å². The molecule has 8 heteroatoms. The van der Waals surface area contributed by atoms with Crippen LogP contribution in [0.15, 0.2) is 35.7 Å². The van der Waals surface area contributed by atoms with Gasteiger partial charge in [0.2, 0.25) is 0 Å². The summed E-state index contributed by atoms with van der Waals surface area (Å²) in [6.45, 7) is 4.32. The van der Waals surface area contributed by atoms with Crippen LogP contribution < -0.4 is 9.47 Å². The van der Waals surface area contributed by atoms with E-state index in [2.05, 4.69) is 23.3 Å². The third-order valence-electron chi connectivity index (χ3n) is 5.28. The van der Waals surface area contributed by atoms with Crippen LogP contribution in [-0.4, -0.2) is 32.9 Å². The van der Waals surface area contributed by atoms with Crippen molar-refractivity contribution in [2.45, 2.75) is 32.7 Å². The van der Waals surface area contributed by atoms with Crippen molar-refractivity contribution in [2.24, 2.45) is 7.05 Å². The molecule has 4 rings (SSSR count). The third kappa shape index (κ3) is 3.72. The fourth-order valence-electron chi connectivity index (χ4n) is 3.50. The van der Waals surface area contributed by atoms with Crippen molar-refractivity contribution >= 4 is 23.6 Å². The Morgan fingerprint density at radius 3 is 2.71 bits per heavy atom. The van der Waals surface area contributed by atoms with Crippen molar-refractivity contribution in [1.29, 1.82) is 0 Å². The highest BCUT2D eigenvalue weighted by Crippen LogP contribution is 2.33. The van der Waals surface area contributed by atoms with Gasteiger partial charge < -0.3 is 14.0 Å². The number of thiophene rings is 1. The van der Waals surface area contributed by atoms with Crippen molar-refractivity contribution in [1.82, 2.24) is 19.2 Å². The summed E-state index contributed by atoms with van der Waals surface area (Å²) >= 11 is 7.47. The zero-order chi connectivity index (χ0) is 19.7. The molecular formula is C20H24N4O2S2. The minimum atomic E-state index is 0.365. The van der Waals surface area contributed by atoms with Gasteiger partial charge in [0.1, 0.15) is 18.1 Å². The minimum absolute atomic E-state index is 0.365. The van der Waals surface area contributed by atoms with Crippen LogP contribution in [0.2, 0.25) is 0 Å². The van der Waals surface area contributed by atoms with Crippen molar-refractivity contribution in [3.05, 3.63) is 56.7 Å². The fourth-order valence-corrected chi connectivity index (χ4v) is 4.66. The van der Waals surface area contributed by atoms with Crippen LogP contribution in [0, 0.1) is 4.77 Å². The summed E-state index contributed by atoms with van der Waals surface area (Å²) in [6, 6.07) is 10.1. The van der Waals surface area contributed by atoms with Crippen molar-refractivity contribution in [3.8, 4) is 11.5 Å². The Kier molecular flexibility index (Phi) is 5.52. The van der Waals surface area contributed by atoms with Gasteiger partial charge in [-0.15, -0.1) is 11.3 Å². The average Bonchev–Trinajstić information content (AvgIpc) is 3.30. The van der Waals surface area contributed by atoms with E-state index in [0.29, 0.717) is 24.1 Å². The second kappa shape index (κ2) is 8.06. The monoisotopic (exact) mass is 416 g/mol. The van der Waals surface area contributed by atoms with Crippen LogP contribution in [-0.2, 0) is 26.7 Å². The molecule has 0 radical (unpaired) electrons. The molecule has 0 saturated heterocycles. The topological polar surface area (TPSA) is 44.5 Å². The van der Waals surface area contributed by atoms with E-state index in [9.17, 15) is 0 Å². The Morgan fingerprint density at radius 2 is 1.96 bits per heavy atom. The summed E-state index contributed by atoms with van der Waals surface area (Å²) in [4.78, 5) is 3.92. The highest BCUT2D eigenvalue weighted by Gasteiger charge is 2.25. The van der Waals surface area contributed by atoms with E-state index in [1.807, 2.05) is 51.9 Å². The molecule has 0 fully saturated rings. The predicted molar refractivity (Wildman–Crippen MR) is 113 cm³/mol. The minimum Gasteiger partial charge on any atom is -0.497 e. The van der Waals surface area contributed by atoms with Gasteiger partial charge in [-0.05, 0) is 66.8 Å². The number of hydrogen-bond acceptors (Lipinski definition) is 6. The number of rotatable bonds is 6. The SMILES string of the molecule is COc1ccc(OCc2nn(CN3CCc4sccc4[C@H]3C)c(=S)n2C)cc1. The van der Waals surface area contributed by atoms with Gasteiger partial charge in [0.05, 0.1) is 13.8 Å². The summed E-state index contributed by atoms with van der Waals surface area (Å²) in [5.74, 6) is 2.39. The molecule has 0 aliphatic carbocycles. The van der Waals surface area contributed by atoms with Gasteiger partial charge in [-0.1, -0.05) is 0 Å². The third-order valence-corrected chi connectivity index (χ3v) is 6.76. The highest BCUT2D eigenvalue weighted by atomic mass is 32.1. The number of hydrogen-bond donors (Lipinski definition) is 0. The van der Waals surface area contributed by atoms with Gasteiger partial charge in [-0.2, -0.15) is 5.10 Å². The first-order valence-electron chi connectivity index (χ1n) is 9.26. The van der Waals surface area contributed by atoms with Crippen LogP contribution in [0.25, 0.3) is 0 Å². The maximum Gasteiger partial charge on any atom is 0.198 e. The smallest absolute Gasteiger partial charge is 0.198 e. The normalized spacial score (nSPS) is 16.8. The molecule has 1 aliphatic rings. The summed E-state index contributed by atoms with van der Waals surface area (Å²) in [5.41, 5.74) is 1.43. The fraction of sp³-hybridized carbons (Fsp3) is 0.400. The quantitative estimate of drug-likeness (QED) is 0.564. The molecule has 2 aromatic heterocycles. The first-order chi connectivity index (χ1) is 13.6. The van der Waals surface area contributed by atoms with Crippen LogP contribution >= 0.6 is 23.6 Å². The largest absolute Gasteiger partial charge is 0.497 e. The Labute approximate surface area is 173 Å². The van der Waals surface area contributed by atoms with E-state index in [1.54, 1.807) is 7.11 Å². The van der Waals surface area contributed by atoms with E-state index < -0.39 is 0 Å². The van der Waals surface area contributed by atoms with Gasteiger partial charge in [-0.25, -0.2) is 4.68 Å². The summed E-state index contributed by atoms with van der Waals surface area (Å²) < 4.78 is 15.6. The molecule has 0 unspecified atom stereocenters. The van der Waals surface area contributed by atoms with Crippen molar-refractivity contribution in [2.75, 3.05) is 13.7 Å². The molecule has 0 N–H and O–H groups in total. The average molecular weight is 417 g/mol. The molecule has 28 heavy (non-hydrogen) atoms. The molecule has 1 aliphatic heterocycles. The lowest BCUT2D eigenvalue weighted by Crippen LogP contribution is -2.35. The van der Waals surface area contributed by atoms with E-state index in [4.69, 9.17) is 26.8 Å². The lowest BCUT2D eigenvalue weighted by molar-refractivity contribution is 0.143. The molecule has 0 bridgehead atoms. The number of ether oxygens (including phenoxy) is 2. The number of nitrogens with zero attached hydrogens (tertiary/aromatic N) is 4.